The van der Waals surface area contributed by atoms with E-state index in [9.17, 15) is 13.2 Å². The van der Waals surface area contributed by atoms with Crippen molar-refractivity contribution in [1.29, 1.82) is 0 Å². The number of nitrogens with one attached hydrogen (secondary N) is 1. The number of aliphatic imine (C=N–C) groups is 1. The van der Waals surface area contributed by atoms with E-state index >= 15 is 0 Å². The lowest BCUT2D eigenvalue weighted by Crippen LogP contribution is -2.06. The summed E-state index contributed by atoms with van der Waals surface area (Å²) in [5.41, 5.74) is 1.28. The molecule has 0 saturated heterocycles. The summed E-state index contributed by atoms with van der Waals surface area (Å²) in [6.07, 6.45) is 1.86. The quantitative estimate of drug-likeness (QED) is 0.801. The Morgan fingerprint density at radius 3 is 2.76 bits per heavy atom. The highest BCUT2D eigenvalue weighted by Gasteiger charge is 2.30. The molecule has 1 aliphatic rings. The zero-order valence-corrected chi connectivity index (χ0v) is 13.3. The second kappa shape index (κ2) is 7.48. The molecule has 7 heteroatoms. The number of anilines is 2. The molecule has 0 fully saturated rings. The van der Waals surface area contributed by atoms with E-state index in [1.54, 1.807) is 30.6 Å². The van der Waals surface area contributed by atoms with Crippen LogP contribution >= 0.6 is 0 Å². The number of rotatable bonds is 4. The molecule has 0 aliphatic carbocycles. The normalized spacial score (nSPS) is 15.2. The summed E-state index contributed by atoms with van der Waals surface area (Å²) in [4.78, 5) is 8.48. The Kier molecular flexibility index (Phi) is 5.14. The van der Waals surface area contributed by atoms with Crippen LogP contribution in [-0.2, 0) is 10.9 Å². The van der Waals surface area contributed by atoms with E-state index < -0.39 is 11.7 Å². The van der Waals surface area contributed by atoms with Crippen LogP contribution in [0.4, 0.5) is 30.4 Å². The fourth-order valence-corrected chi connectivity index (χ4v) is 2.28. The second-order valence-corrected chi connectivity index (χ2v) is 5.48. The topological polar surface area (TPSA) is 46.5 Å². The van der Waals surface area contributed by atoms with Crippen molar-refractivity contribution in [1.82, 2.24) is 4.98 Å². The van der Waals surface area contributed by atoms with E-state index in [0.717, 1.165) is 30.7 Å². The van der Waals surface area contributed by atoms with Crippen LogP contribution < -0.4 is 5.32 Å². The lowest BCUT2D eigenvalue weighted by atomic mass is 10.2. The number of hydrogen-bond donors (Lipinski definition) is 1. The zero-order chi connectivity index (χ0) is 17.7. The summed E-state index contributed by atoms with van der Waals surface area (Å²) in [5, 5.41) is 2.85. The molecule has 0 bridgehead atoms. The Labute approximate surface area is 143 Å². The van der Waals surface area contributed by atoms with Gasteiger partial charge in [0.1, 0.15) is 5.82 Å². The van der Waals surface area contributed by atoms with E-state index in [2.05, 4.69) is 21.4 Å². The lowest BCUT2D eigenvalue weighted by molar-refractivity contribution is -0.137. The number of aromatic nitrogens is 1. The zero-order valence-electron chi connectivity index (χ0n) is 13.3. The molecule has 0 amide bonds. The summed E-state index contributed by atoms with van der Waals surface area (Å²) < 4.78 is 43.5. The maximum atomic E-state index is 12.7. The Morgan fingerprint density at radius 1 is 1.20 bits per heavy atom. The molecule has 0 spiro atoms. The molecule has 0 atom stereocenters. The van der Waals surface area contributed by atoms with Crippen molar-refractivity contribution >= 4 is 23.4 Å². The van der Waals surface area contributed by atoms with Gasteiger partial charge in [-0.05, 0) is 42.3 Å². The number of nitrogens with zero attached hydrogens (tertiary/aromatic N) is 2. The molecule has 2 heterocycles. The van der Waals surface area contributed by atoms with Gasteiger partial charge in [0.15, 0.2) is 0 Å². The van der Waals surface area contributed by atoms with E-state index in [1.165, 1.54) is 6.07 Å². The van der Waals surface area contributed by atoms with Gasteiger partial charge in [0, 0.05) is 11.9 Å². The number of halogens is 3. The smallest absolute Gasteiger partial charge is 0.376 e. The van der Waals surface area contributed by atoms with Gasteiger partial charge >= 0.3 is 6.18 Å². The molecule has 1 N–H and O–H groups in total. The number of benzene rings is 1. The summed E-state index contributed by atoms with van der Waals surface area (Å²) in [5.74, 6) is 0.443. The molecule has 0 saturated carbocycles. The first-order chi connectivity index (χ1) is 12.0. The molecule has 1 aromatic heterocycles. The minimum Gasteiger partial charge on any atom is -0.376 e. The van der Waals surface area contributed by atoms with Crippen LogP contribution in [0.25, 0.3) is 0 Å². The maximum Gasteiger partial charge on any atom is 0.416 e. The van der Waals surface area contributed by atoms with Gasteiger partial charge in [-0.25, -0.2) is 4.98 Å². The van der Waals surface area contributed by atoms with Crippen molar-refractivity contribution in [2.45, 2.75) is 12.6 Å². The summed E-state index contributed by atoms with van der Waals surface area (Å²) >= 11 is 0. The van der Waals surface area contributed by atoms with Crippen molar-refractivity contribution in [3.63, 3.8) is 0 Å². The lowest BCUT2D eigenvalue weighted by Gasteiger charge is -2.10. The SMILES string of the molecule is FC(F)(F)c1cccc(Nc2ccc(N=CC3=CCCOC3)cn2)c1. The highest BCUT2D eigenvalue weighted by molar-refractivity contribution is 5.81. The van der Waals surface area contributed by atoms with E-state index in [0.29, 0.717) is 23.8 Å². The summed E-state index contributed by atoms with van der Waals surface area (Å²) in [7, 11) is 0. The van der Waals surface area contributed by atoms with Crippen LogP contribution in [0.2, 0.25) is 0 Å². The van der Waals surface area contributed by atoms with Crippen molar-refractivity contribution < 1.29 is 17.9 Å². The summed E-state index contributed by atoms with van der Waals surface area (Å²) in [6.45, 7) is 1.28. The first kappa shape index (κ1) is 17.2. The summed E-state index contributed by atoms with van der Waals surface area (Å²) in [6, 6.07) is 8.38. The molecule has 0 unspecified atom stereocenters. The van der Waals surface area contributed by atoms with E-state index in [4.69, 9.17) is 4.74 Å². The molecule has 1 aliphatic heterocycles. The third kappa shape index (κ3) is 4.90. The molecule has 0 radical (unpaired) electrons. The fourth-order valence-electron chi connectivity index (χ4n) is 2.28. The van der Waals surface area contributed by atoms with Gasteiger partial charge in [0.2, 0.25) is 0 Å². The van der Waals surface area contributed by atoms with Gasteiger partial charge in [-0.3, -0.25) is 4.99 Å². The van der Waals surface area contributed by atoms with Crippen LogP contribution in [-0.4, -0.2) is 24.4 Å². The van der Waals surface area contributed by atoms with Crippen molar-refractivity contribution in [2.75, 3.05) is 18.5 Å². The average molecular weight is 347 g/mol. The molecule has 3 rings (SSSR count). The first-order valence-electron chi connectivity index (χ1n) is 7.72. The van der Waals surface area contributed by atoms with Crippen molar-refractivity contribution in [3.8, 4) is 0 Å². The van der Waals surface area contributed by atoms with Crippen LogP contribution in [0.1, 0.15) is 12.0 Å². The second-order valence-electron chi connectivity index (χ2n) is 5.48. The highest BCUT2D eigenvalue weighted by atomic mass is 19.4. The minimum atomic E-state index is -4.37. The molecule has 25 heavy (non-hydrogen) atoms. The van der Waals surface area contributed by atoms with Crippen molar-refractivity contribution in [2.24, 2.45) is 4.99 Å². The maximum absolute atomic E-state index is 12.7. The van der Waals surface area contributed by atoms with Crippen molar-refractivity contribution in [3.05, 3.63) is 59.8 Å². The van der Waals surface area contributed by atoms with Crippen LogP contribution in [0.3, 0.4) is 0 Å². The van der Waals surface area contributed by atoms with Gasteiger partial charge in [-0.2, -0.15) is 13.2 Å². The van der Waals surface area contributed by atoms with Gasteiger partial charge in [-0.15, -0.1) is 0 Å². The molecule has 2 aromatic rings. The minimum absolute atomic E-state index is 0.322. The van der Waals surface area contributed by atoms with E-state index in [-0.39, 0.29) is 0 Å². The monoisotopic (exact) mass is 347 g/mol. The van der Waals surface area contributed by atoms with Gasteiger partial charge < -0.3 is 10.1 Å². The van der Waals surface area contributed by atoms with Crippen LogP contribution in [0.15, 0.2) is 59.2 Å². The number of ether oxygens (including phenoxy) is 1. The van der Waals surface area contributed by atoms with Gasteiger partial charge in [-0.1, -0.05) is 12.1 Å². The predicted molar refractivity (Wildman–Crippen MR) is 90.6 cm³/mol. The van der Waals surface area contributed by atoms with Gasteiger partial charge in [0.05, 0.1) is 30.7 Å². The Bertz CT molecular complexity index is 783. The number of alkyl halides is 3. The third-order valence-corrected chi connectivity index (χ3v) is 3.53. The van der Waals surface area contributed by atoms with Crippen LogP contribution in [0.5, 0.6) is 0 Å². The first-order valence-corrected chi connectivity index (χ1v) is 7.72. The molecular formula is C18H16F3N3O. The number of hydrogen-bond acceptors (Lipinski definition) is 4. The molecule has 1 aromatic carbocycles. The van der Waals surface area contributed by atoms with E-state index in [1.807, 2.05) is 0 Å². The van der Waals surface area contributed by atoms with Gasteiger partial charge in [0.25, 0.3) is 0 Å². The fraction of sp³-hybridized carbons (Fsp3) is 0.222. The Hall–Kier alpha value is -2.67. The Morgan fingerprint density at radius 2 is 2.08 bits per heavy atom. The number of pyridine rings is 1. The highest BCUT2D eigenvalue weighted by Crippen LogP contribution is 2.31. The predicted octanol–water partition coefficient (Wildman–Crippen LogP) is 4.89. The average Bonchev–Trinajstić information content (AvgIpc) is 2.62. The Balaban J connectivity index is 1.67. The van der Waals surface area contributed by atoms with Crippen LogP contribution in [0, 0.1) is 0 Å². The third-order valence-electron chi connectivity index (χ3n) is 3.53. The molecule has 130 valence electrons. The largest absolute Gasteiger partial charge is 0.416 e. The molecular weight excluding hydrogens is 331 g/mol. The molecule has 4 nitrogen and oxygen atoms in total. The standard InChI is InChI=1S/C18H16F3N3O/c19-18(20,21)14-4-1-5-15(9-14)24-17-7-6-16(11-23-17)22-10-13-3-2-8-25-12-13/h1,3-7,9-11H,2,8,12H2,(H,23,24).